The molecule has 6 heteroatoms. The second-order valence-corrected chi connectivity index (χ2v) is 4.47. The van der Waals surface area contributed by atoms with Crippen molar-refractivity contribution in [2.45, 2.75) is 0 Å². The Kier molecular flexibility index (Phi) is 5.65. The SMILES string of the molecule is Clc1cc(Cl)c(OCC#CI)c(Cl)c1Cl. The number of rotatable bonds is 2. The van der Waals surface area contributed by atoms with Crippen LogP contribution in [0.5, 0.6) is 5.75 Å². The van der Waals surface area contributed by atoms with Gasteiger partial charge in [0, 0.05) is 22.6 Å². The van der Waals surface area contributed by atoms with Gasteiger partial charge in [0.15, 0.2) is 5.75 Å². The Bertz CT molecular complexity index is 436. The summed E-state index contributed by atoms with van der Waals surface area (Å²) in [5.41, 5.74) is 0. The zero-order valence-electron chi connectivity index (χ0n) is 7.08. The highest BCUT2D eigenvalue weighted by atomic mass is 127. The minimum Gasteiger partial charge on any atom is -0.478 e. The number of hydrogen-bond donors (Lipinski definition) is 0. The van der Waals surface area contributed by atoms with Crippen LogP contribution in [0, 0.1) is 9.85 Å². The Hall–Kier alpha value is 0.470. The van der Waals surface area contributed by atoms with Gasteiger partial charge in [-0.3, -0.25) is 0 Å². The highest BCUT2D eigenvalue weighted by Crippen LogP contribution is 2.42. The highest BCUT2D eigenvalue weighted by Gasteiger charge is 2.14. The largest absolute Gasteiger partial charge is 0.478 e. The average molecular weight is 396 g/mol. The Morgan fingerprint density at radius 1 is 1.13 bits per heavy atom. The van der Waals surface area contributed by atoms with Crippen LogP contribution in [-0.4, -0.2) is 6.61 Å². The van der Waals surface area contributed by atoms with Gasteiger partial charge < -0.3 is 4.74 Å². The van der Waals surface area contributed by atoms with Gasteiger partial charge in [0.1, 0.15) is 11.6 Å². The van der Waals surface area contributed by atoms with Crippen molar-refractivity contribution >= 4 is 69.0 Å². The Balaban J connectivity index is 3.05. The summed E-state index contributed by atoms with van der Waals surface area (Å²) >= 11 is 25.3. The van der Waals surface area contributed by atoms with E-state index in [4.69, 9.17) is 51.1 Å². The van der Waals surface area contributed by atoms with E-state index in [-0.39, 0.29) is 16.7 Å². The maximum atomic E-state index is 5.91. The van der Waals surface area contributed by atoms with E-state index >= 15 is 0 Å². The van der Waals surface area contributed by atoms with E-state index in [0.29, 0.717) is 15.8 Å². The lowest BCUT2D eigenvalue weighted by atomic mass is 10.3. The molecule has 0 aliphatic rings. The van der Waals surface area contributed by atoms with Gasteiger partial charge in [-0.25, -0.2) is 0 Å². The van der Waals surface area contributed by atoms with Crippen LogP contribution in [-0.2, 0) is 0 Å². The first kappa shape index (κ1) is 13.5. The Morgan fingerprint density at radius 3 is 2.40 bits per heavy atom. The van der Waals surface area contributed by atoms with Crippen molar-refractivity contribution in [3.63, 3.8) is 0 Å². The fourth-order valence-corrected chi connectivity index (χ4v) is 1.99. The van der Waals surface area contributed by atoms with E-state index in [9.17, 15) is 0 Å². The fraction of sp³-hybridized carbons (Fsp3) is 0.111. The maximum Gasteiger partial charge on any atom is 0.159 e. The summed E-state index contributed by atoms with van der Waals surface area (Å²) in [6.45, 7) is 0.195. The van der Waals surface area contributed by atoms with E-state index in [1.165, 1.54) is 6.07 Å². The van der Waals surface area contributed by atoms with E-state index in [0.717, 1.165) is 0 Å². The summed E-state index contributed by atoms with van der Waals surface area (Å²) in [5.74, 6) is 3.00. The third-order valence-corrected chi connectivity index (χ3v) is 3.33. The summed E-state index contributed by atoms with van der Waals surface area (Å²) in [7, 11) is 0. The molecule has 1 nitrogen and oxygen atoms in total. The number of hydrogen-bond acceptors (Lipinski definition) is 1. The molecular formula is C9H3Cl4IO. The highest BCUT2D eigenvalue weighted by molar-refractivity contribution is 14.1. The van der Waals surface area contributed by atoms with Crippen LogP contribution in [0.2, 0.25) is 20.1 Å². The molecule has 1 aromatic rings. The molecule has 1 aromatic carbocycles. The molecule has 0 unspecified atom stereocenters. The van der Waals surface area contributed by atoms with Crippen molar-refractivity contribution in [2.75, 3.05) is 6.61 Å². The van der Waals surface area contributed by atoms with Crippen LogP contribution in [0.25, 0.3) is 0 Å². The van der Waals surface area contributed by atoms with Crippen LogP contribution in [0.1, 0.15) is 0 Å². The van der Waals surface area contributed by atoms with Gasteiger partial charge in [0.25, 0.3) is 0 Å². The molecular weight excluding hydrogens is 393 g/mol. The Morgan fingerprint density at radius 2 is 1.80 bits per heavy atom. The third-order valence-electron chi connectivity index (χ3n) is 1.43. The molecule has 15 heavy (non-hydrogen) atoms. The first-order valence-electron chi connectivity index (χ1n) is 3.62. The van der Waals surface area contributed by atoms with Crippen molar-refractivity contribution in [3.8, 4) is 15.6 Å². The van der Waals surface area contributed by atoms with Crippen LogP contribution in [0.4, 0.5) is 0 Å². The van der Waals surface area contributed by atoms with Crippen LogP contribution in [0.15, 0.2) is 6.07 Å². The maximum absolute atomic E-state index is 5.91. The van der Waals surface area contributed by atoms with Gasteiger partial charge in [-0.15, -0.1) is 0 Å². The van der Waals surface area contributed by atoms with E-state index in [2.05, 4.69) is 9.85 Å². The monoisotopic (exact) mass is 394 g/mol. The van der Waals surface area contributed by atoms with Gasteiger partial charge in [-0.2, -0.15) is 0 Å². The second kappa shape index (κ2) is 6.27. The molecule has 0 aromatic heterocycles. The number of halogens is 5. The molecule has 0 saturated heterocycles. The van der Waals surface area contributed by atoms with Crippen molar-refractivity contribution in [1.29, 1.82) is 0 Å². The lowest BCUT2D eigenvalue weighted by Crippen LogP contribution is -1.95. The smallest absolute Gasteiger partial charge is 0.159 e. The summed E-state index contributed by atoms with van der Waals surface area (Å²) in [5, 5.41) is 1.02. The molecule has 0 bridgehead atoms. The first-order chi connectivity index (χ1) is 7.07. The van der Waals surface area contributed by atoms with Crippen molar-refractivity contribution in [2.24, 2.45) is 0 Å². The van der Waals surface area contributed by atoms with Crippen LogP contribution >= 0.6 is 69.0 Å². The zero-order chi connectivity index (χ0) is 11.4. The quantitative estimate of drug-likeness (QED) is 0.294. The molecule has 0 atom stereocenters. The van der Waals surface area contributed by atoms with Gasteiger partial charge >= 0.3 is 0 Å². The lowest BCUT2D eigenvalue weighted by Gasteiger charge is -2.09. The molecule has 0 spiro atoms. The zero-order valence-corrected chi connectivity index (χ0v) is 12.3. The molecule has 0 saturated carbocycles. The molecule has 0 aliphatic carbocycles. The van der Waals surface area contributed by atoms with Crippen LogP contribution in [0.3, 0.4) is 0 Å². The topological polar surface area (TPSA) is 9.23 Å². The standard InChI is InChI=1S/C9H3Cl4IO/c10-5-4-6(11)9(8(13)7(5)12)15-3-1-2-14/h4H,3H2. The average Bonchev–Trinajstić information content (AvgIpc) is 2.20. The summed E-state index contributed by atoms with van der Waals surface area (Å²) in [6.07, 6.45) is 0. The van der Waals surface area contributed by atoms with Gasteiger partial charge in [0.2, 0.25) is 0 Å². The molecule has 0 aliphatic heterocycles. The van der Waals surface area contributed by atoms with Gasteiger partial charge in [-0.1, -0.05) is 52.3 Å². The summed E-state index contributed by atoms with van der Waals surface area (Å²) in [6, 6.07) is 1.48. The molecule has 80 valence electrons. The van der Waals surface area contributed by atoms with Crippen LogP contribution < -0.4 is 4.74 Å². The third kappa shape index (κ3) is 3.47. The molecule has 0 N–H and O–H groups in total. The first-order valence-corrected chi connectivity index (χ1v) is 6.21. The van der Waals surface area contributed by atoms with Crippen molar-refractivity contribution in [1.82, 2.24) is 0 Å². The normalized spacial score (nSPS) is 9.40. The Labute approximate surface area is 121 Å². The van der Waals surface area contributed by atoms with Gasteiger partial charge in [0.05, 0.1) is 15.1 Å². The fourth-order valence-electron chi connectivity index (χ4n) is 0.817. The molecule has 0 amide bonds. The predicted octanol–water partition coefficient (Wildman–Crippen LogP) is 5.07. The van der Waals surface area contributed by atoms with E-state index < -0.39 is 0 Å². The number of benzene rings is 1. The molecule has 0 heterocycles. The summed E-state index contributed by atoms with van der Waals surface area (Å²) < 4.78 is 7.91. The van der Waals surface area contributed by atoms with Crippen molar-refractivity contribution < 1.29 is 4.74 Å². The molecule has 0 radical (unpaired) electrons. The predicted molar refractivity (Wildman–Crippen MR) is 73.8 cm³/mol. The minimum absolute atomic E-state index is 0.195. The van der Waals surface area contributed by atoms with Crippen molar-refractivity contribution in [3.05, 3.63) is 26.2 Å². The van der Waals surface area contributed by atoms with E-state index in [1.54, 1.807) is 0 Å². The number of ether oxygens (including phenoxy) is 1. The summed E-state index contributed by atoms with van der Waals surface area (Å²) in [4.78, 5) is 0. The molecule has 0 fully saturated rings. The minimum atomic E-state index is 0.195. The lowest BCUT2D eigenvalue weighted by molar-refractivity contribution is 0.371. The van der Waals surface area contributed by atoms with E-state index in [1.807, 2.05) is 22.6 Å². The molecule has 1 rings (SSSR count). The second-order valence-electron chi connectivity index (χ2n) is 2.36. The van der Waals surface area contributed by atoms with Gasteiger partial charge in [-0.05, 0) is 9.99 Å².